The summed E-state index contributed by atoms with van der Waals surface area (Å²) in [5.41, 5.74) is 7.27. The van der Waals surface area contributed by atoms with Crippen LogP contribution in [0.2, 0.25) is 0 Å². The molecule has 3 rings (SSSR count). The van der Waals surface area contributed by atoms with E-state index < -0.39 is 0 Å². The second-order valence-electron chi connectivity index (χ2n) is 5.39. The maximum atomic E-state index is 5.79. The fourth-order valence-electron chi connectivity index (χ4n) is 2.78. The van der Waals surface area contributed by atoms with Crippen LogP contribution in [-0.4, -0.2) is 56.3 Å². The third kappa shape index (κ3) is 2.59. The molecular weight excluding hydrogens is 256 g/mol. The normalized spacial score (nSPS) is 24.3. The van der Waals surface area contributed by atoms with Crippen molar-refractivity contribution in [2.24, 2.45) is 0 Å². The number of anilines is 1. The molecule has 2 aromatic heterocycles. The zero-order valence-corrected chi connectivity index (χ0v) is 11.9. The number of hydrogen-bond donors (Lipinski definition) is 1. The van der Waals surface area contributed by atoms with Gasteiger partial charge in [0.05, 0.1) is 18.5 Å². The first-order valence-corrected chi connectivity index (χ1v) is 6.92. The molecule has 1 fully saturated rings. The van der Waals surface area contributed by atoms with E-state index in [1.807, 2.05) is 4.57 Å². The molecule has 0 aliphatic carbocycles. The van der Waals surface area contributed by atoms with E-state index in [-0.39, 0.29) is 12.2 Å². The van der Waals surface area contributed by atoms with Crippen LogP contribution in [0.25, 0.3) is 11.2 Å². The number of fused-ring (bicyclic) bond motifs is 1. The second kappa shape index (κ2) is 5.34. The number of hydrogen-bond acceptors (Lipinski definition) is 6. The van der Waals surface area contributed by atoms with Gasteiger partial charge in [0.2, 0.25) is 0 Å². The van der Waals surface area contributed by atoms with Crippen molar-refractivity contribution in [3.05, 3.63) is 12.7 Å². The summed E-state index contributed by atoms with van der Waals surface area (Å²) < 4.78 is 7.77. The molecule has 0 amide bonds. The molecule has 0 saturated carbocycles. The largest absolute Gasteiger partial charge is 0.382 e. The smallest absolute Gasteiger partial charge is 0.165 e. The maximum Gasteiger partial charge on any atom is 0.165 e. The van der Waals surface area contributed by atoms with Crippen LogP contribution in [0.15, 0.2) is 12.7 Å². The van der Waals surface area contributed by atoms with Crippen LogP contribution >= 0.6 is 0 Å². The Kier molecular flexibility index (Phi) is 3.54. The van der Waals surface area contributed by atoms with E-state index in [9.17, 15) is 0 Å². The van der Waals surface area contributed by atoms with E-state index in [1.165, 1.54) is 6.33 Å². The fraction of sp³-hybridized carbons (Fsp3) is 0.615. The molecule has 0 radical (unpaired) electrons. The third-order valence-corrected chi connectivity index (χ3v) is 3.58. The summed E-state index contributed by atoms with van der Waals surface area (Å²) in [7, 11) is 0. The highest BCUT2D eigenvalue weighted by atomic mass is 16.5. The van der Waals surface area contributed by atoms with Crippen LogP contribution in [0.1, 0.15) is 13.8 Å². The predicted octanol–water partition coefficient (Wildman–Crippen LogP) is 0.518. The summed E-state index contributed by atoms with van der Waals surface area (Å²) in [6.07, 6.45) is 3.84. The van der Waals surface area contributed by atoms with Crippen molar-refractivity contribution in [3.63, 3.8) is 0 Å². The standard InChI is InChI=1S/C13H20N6O/c1-9-5-18(6-10(2)20-9)3-4-19-8-17-11-12(14)15-7-16-13(11)19/h7-10H,3-6H2,1-2H3,(H2,14,15,16)/t9-,10-/m1/s1. The lowest BCUT2D eigenvalue weighted by molar-refractivity contribution is -0.0685. The van der Waals surface area contributed by atoms with Crippen molar-refractivity contribution in [1.29, 1.82) is 0 Å². The van der Waals surface area contributed by atoms with Crippen LogP contribution in [0.3, 0.4) is 0 Å². The van der Waals surface area contributed by atoms with Crippen molar-refractivity contribution < 1.29 is 4.74 Å². The highest BCUT2D eigenvalue weighted by molar-refractivity contribution is 5.80. The lowest BCUT2D eigenvalue weighted by atomic mass is 10.2. The molecule has 1 aliphatic rings. The second-order valence-corrected chi connectivity index (χ2v) is 5.39. The number of nitrogens with zero attached hydrogens (tertiary/aromatic N) is 5. The van der Waals surface area contributed by atoms with Gasteiger partial charge in [0.25, 0.3) is 0 Å². The van der Waals surface area contributed by atoms with Gasteiger partial charge in [-0.2, -0.15) is 0 Å². The zero-order chi connectivity index (χ0) is 14.1. The topological polar surface area (TPSA) is 82.1 Å². The minimum absolute atomic E-state index is 0.288. The monoisotopic (exact) mass is 276 g/mol. The number of ether oxygens (including phenoxy) is 1. The summed E-state index contributed by atoms with van der Waals surface area (Å²) in [5, 5.41) is 0. The average molecular weight is 276 g/mol. The Labute approximate surface area is 117 Å². The Morgan fingerprint density at radius 2 is 1.95 bits per heavy atom. The van der Waals surface area contributed by atoms with Crippen LogP contribution in [0.5, 0.6) is 0 Å². The highest BCUT2D eigenvalue weighted by Gasteiger charge is 2.21. The van der Waals surface area contributed by atoms with Gasteiger partial charge in [-0.05, 0) is 13.8 Å². The van der Waals surface area contributed by atoms with Crippen LogP contribution in [-0.2, 0) is 11.3 Å². The molecule has 1 saturated heterocycles. The number of nitrogens with two attached hydrogens (primary N) is 1. The molecule has 108 valence electrons. The van der Waals surface area contributed by atoms with E-state index in [2.05, 4.69) is 33.7 Å². The van der Waals surface area contributed by atoms with Crippen LogP contribution in [0, 0.1) is 0 Å². The van der Waals surface area contributed by atoms with Crippen molar-refractivity contribution >= 4 is 17.0 Å². The van der Waals surface area contributed by atoms with Gasteiger partial charge in [-0.1, -0.05) is 0 Å². The molecule has 0 bridgehead atoms. The van der Waals surface area contributed by atoms with Crippen molar-refractivity contribution in [1.82, 2.24) is 24.4 Å². The molecule has 1 aliphatic heterocycles. The Bertz CT molecular complexity index is 588. The van der Waals surface area contributed by atoms with Gasteiger partial charge < -0.3 is 15.0 Å². The van der Waals surface area contributed by atoms with E-state index in [1.54, 1.807) is 6.33 Å². The van der Waals surface area contributed by atoms with E-state index in [4.69, 9.17) is 10.5 Å². The molecule has 2 N–H and O–H groups in total. The summed E-state index contributed by atoms with van der Waals surface area (Å²) in [6, 6.07) is 0. The van der Waals surface area contributed by atoms with Gasteiger partial charge in [0, 0.05) is 26.2 Å². The molecule has 0 spiro atoms. The lowest BCUT2D eigenvalue weighted by Gasteiger charge is -2.35. The van der Waals surface area contributed by atoms with Gasteiger partial charge in [0.15, 0.2) is 11.5 Å². The Balaban J connectivity index is 1.69. The first-order valence-electron chi connectivity index (χ1n) is 6.92. The van der Waals surface area contributed by atoms with Crippen molar-refractivity contribution in [2.45, 2.75) is 32.6 Å². The summed E-state index contributed by atoms with van der Waals surface area (Å²) >= 11 is 0. The summed E-state index contributed by atoms with van der Waals surface area (Å²) in [5.74, 6) is 0.433. The summed E-state index contributed by atoms with van der Waals surface area (Å²) in [6.45, 7) is 7.95. The quantitative estimate of drug-likeness (QED) is 0.880. The molecule has 20 heavy (non-hydrogen) atoms. The number of nitrogen functional groups attached to an aromatic ring is 1. The molecule has 7 nitrogen and oxygen atoms in total. The van der Waals surface area contributed by atoms with Crippen molar-refractivity contribution in [3.8, 4) is 0 Å². The van der Waals surface area contributed by atoms with Gasteiger partial charge in [-0.15, -0.1) is 0 Å². The van der Waals surface area contributed by atoms with Gasteiger partial charge >= 0.3 is 0 Å². The molecule has 2 atom stereocenters. The van der Waals surface area contributed by atoms with E-state index in [0.29, 0.717) is 11.3 Å². The minimum Gasteiger partial charge on any atom is -0.382 e. The molecule has 0 unspecified atom stereocenters. The molecule has 7 heteroatoms. The van der Waals surface area contributed by atoms with Crippen LogP contribution < -0.4 is 5.73 Å². The van der Waals surface area contributed by atoms with Gasteiger partial charge in [0.1, 0.15) is 11.8 Å². The minimum atomic E-state index is 0.288. The van der Waals surface area contributed by atoms with Gasteiger partial charge in [-0.3, -0.25) is 4.90 Å². The zero-order valence-electron chi connectivity index (χ0n) is 11.9. The van der Waals surface area contributed by atoms with Crippen molar-refractivity contribution in [2.75, 3.05) is 25.4 Å². The number of aromatic nitrogens is 4. The Morgan fingerprint density at radius 3 is 2.70 bits per heavy atom. The Morgan fingerprint density at radius 1 is 1.20 bits per heavy atom. The number of morpholine rings is 1. The first-order chi connectivity index (χ1) is 9.63. The van der Waals surface area contributed by atoms with E-state index >= 15 is 0 Å². The van der Waals surface area contributed by atoms with Gasteiger partial charge in [-0.25, -0.2) is 15.0 Å². The maximum absolute atomic E-state index is 5.79. The molecular formula is C13H20N6O. The van der Waals surface area contributed by atoms with E-state index in [0.717, 1.165) is 31.8 Å². The number of rotatable bonds is 3. The molecule has 0 aromatic carbocycles. The molecule has 2 aromatic rings. The first kappa shape index (κ1) is 13.3. The highest BCUT2D eigenvalue weighted by Crippen LogP contribution is 2.15. The number of imidazole rings is 1. The Hall–Kier alpha value is -1.73. The fourth-order valence-corrected chi connectivity index (χ4v) is 2.78. The third-order valence-electron chi connectivity index (χ3n) is 3.58. The average Bonchev–Trinajstić information content (AvgIpc) is 2.80. The molecule has 3 heterocycles. The summed E-state index contributed by atoms with van der Waals surface area (Å²) in [4.78, 5) is 14.9. The SMILES string of the molecule is C[C@@H]1CN(CCn2cnc3c(N)ncnc32)C[C@@H](C)O1. The van der Waals surface area contributed by atoms with Crippen LogP contribution in [0.4, 0.5) is 5.82 Å². The lowest BCUT2D eigenvalue weighted by Crippen LogP contribution is -2.46. The predicted molar refractivity (Wildman–Crippen MR) is 76.2 cm³/mol.